The lowest BCUT2D eigenvalue weighted by molar-refractivity contribution is -0.149. The van der Waals surface area contributed by atoms with E-state index < -0.39 is 11.4 Å². The minimum atomic E-state index is -0.884. The van der Waals surface area contributed by atoms with Crippen molar-refractivity contribution in [2.24, 2.45) is 11.3 Å². The molecule has 2 amide bonds. The molecule has 6 nitrogen and oxygen atoms in total. The van der Waals surface area contributed by atoms with Crippen LogP contribution in [0.2, 0.25) is 0 Å². The summed E-state index contributed by atoms with van der Waals surface area (Å²) in [5.41, 5.74) is -0.884. The predicted octanol–water partition coefficient (Wildman–Crippen LogP) is 2.24. The molecule has 0 bridgehead atoms. The molecule has 21 heavy (non-hydrogen) atoms. The fraction of sp³-hybridized carbons (Fsp3) is 0.867. The number of urea groups is 1. The molecule has 0 aromatic rings. The van der Waals surface area contributed by atoms with E-state index in [0.717, 1.165) is 6.42 Å². The number of amides is 2. The number of carbonyl (C=O) groups is 2. The van der Waals surface area contributed by atoms with Crippen LogP contribution in [0.15, 0.2) is 0 Å². The molecule has 0 fully saturated rings. The minimum Gasteiger partial charge on any atom is -0.481 e. The van der Waals surface area contributed by atoms with Crippen molar-refractivity contribution in [1.29, 1.82) is 0 Å². The first-order chi connectivity index (χ1) is 9.88. The molecule has 0 atom stereocenters. The van der Waals surface area contributed by atoms with Crippen LogP contribution in [-0.2, 0) is 9.53 Å². The predicted molar refractivity (Wildman–Crippen MR) is 82.3 cm³/mol. The Morgan fingerprint density at radius 1 is 1.14 bits per heavy atom. The van der Waals surface area contributed by atoms with E-state index in [4.69, 9.17) is 4.74 Å². The number of nitrogens with one attached hydrogen (secondary N) is 2. The van der Waals surface area contributed by atoms with Gasteiger partial charge in [-0.1, -0.05) is 27.7 Å². The molecular formula is C15H30N2O4. The second-order valence-corrected chi connectivity index (χ2v) is 5.70. The van der Waals surface area contributed by atoms with Gasteiger partial charge in [-0.3, -0.25) is 4.79 Å². The van der Waals surface area contributed by atoms with Crippen LogP contribution in [0.3, 0.4) is 0 Å². The number of ether oxygens (including phenoxy) is 1. The third kappa shape index (κ3) is 7.90. The molecule has 0 aromatic carbocycles. The molecule has 0 heterocycles. The molecule has 0 aliphatic rings. The van der Waals surface area contributed by atoms with E-state index in [0.29, 0.717) is 38.5 Å². The van der Waals surface area contributed by atoms with Crippen molar-refractivity contribution in [3.05, 3.63) is 0 Å². The van der Waals surface area contributed by atoms with E-state index in [1.807, 2.05) is 13.8 Å². The number of rotatable bonds is 11. The fourth-order valence-electron chi connectivity index (χ4n) is 1.85. The van der Waals surface area contributed by atoms with Gasteiger partial charge in [-0.25, -0.2) is 4.79 Å². The van der Waals surface area contributed by atoms with Crippen LogP contribution in [-0.4, -0.2) is 43.4 Å². The van der Waals surface area contributed by atoms with Gasteiger partial charge in [0.2, 0.25) is 0 Å². The Morgan fingerprint density at radius 2 is 1.76 bits per heavy atom. The Kier molecular flexibility index (Phi) is 9.78. The van der Waals surface area contributed by atoms with E-state index in [9.17, 15) is 14.7 Å². The quantitative estimate of drug-likeness (QED) is 0.511. The number of hydrogen-bond acceptors (Lipinski definition) is 3. The molecule has 0 aliphatic carbocycles. The third-order valence-corrected chi connectivity index (χ3v) is 3.77. The van der Waals surface area contributed by atoms with Crippen LogP contribution in [0, 0.1) is 11.3 Å². The van der Waals surface area contributed by atoms with Gasteiger partial charge in [0.25, 0.3) is 0 Å². The van der Waals surface area contributed by atoms with Crippen LogP contribution in [0.25, 0.3) is 0 Å². The van der Waals surface area contributed by atoms with Crippen molar-refractivity contribution >= 4 is 12.0 Å². The van der Waals surface area contributed by atoms with Crippen molar-refractivity contribution in [1.82, 2.24) is 10.6 Å². The first-order valence-corrected chi connectivity index (χ1v) is 7.70. The maximum absolute atomic E-state index is 11.6. The first kappa shape index (κ1) is 19.7. The Morgan fingerprint density at radius 3 is 2.24 bits per heavy atom. The van der Waals surface area contributed by atoms with Gasteiger partial charge in [0.1, 0.15) is 0 Å². The first-order valence-electron chi connectivity index (χ1n) is 7.70. The van der Waals surface area contributed by atoms with Crippen LogP contribution in [0.5, 0.6) is 0 Å². The SMILES string of the molecule is CCC(CC)(CNC(=O)NCCOCCC(C)C)C(=O)O. The van der Waals surface area contributed by atoms with Crippen molar-refractivity contribution < 1.29 is 19.4 Å². The van der Waals surface area contributed by atoms with Crippen LogP contribution < -0.4 is 10.6 Å². The second kappa shape index (κ2) is 10.4. The fourth-order valence-corrected chi connectivity index (χ4v) is 1.85. The summed E-state index contributed by atoms with van der Waals surface area (Å²) in [6.45, 7) is 9.61. The molecular weight excluding hydrogens is 272 g/mol. The van der Waals surface area contributed by atoms with E-state index >= 15 is 0 Å². The summed E-state index contributed by atoms with van der Waals surface area (Å²) in [7, 11) is 0. The highest BCUT2D eigenvalue weighted by Crippen LogP contribution is 2.25. The second-order valence-electron chi connectivity index (χ2n) is 5.70. The van der Waals surface area contributed by atoms with Gasteiger partial charge in [-0.05, 0) is 25.2 Å². The summed E-state index contributed by atoms with van der Waals surface area (Å²) in [6, 6.07) is -0.352. The zero-order valence-corrected chi connectivity index (χ0v) is 13.7. The standard InChI is InChI=1S/C15H30N2O4/c1-5-15(6-2,13(18)19)11-17-14(20)16-8-10-21-9-7-12(3)4/h12H,5-11H2,1-4H3,(H,18,19)(H2,16,17,20). The number of carboxylic acids is 1. The average Bonchev–Trinajstić information content (AvgIpc) is 2.43. The van der Waals surface area contributed by atoms with Crippen LogP contribution >= 0.6 is 0 Å². The molecule has 0 rings (SSSR count). The summed E-state index contributed by atoms with van der Waals surface area (Å²) in [6.07, 6.45) is 1.97. The van der Waals surface area contributed by atoms with Gasteiger partial charge in [0, 0.05) is 19.7 Å². The Labute approximate surface area is 127 Å². The number of carboxylic acid groups (broad SMARTS) is 1. The molecule has 3 N–H and O–H groups in total. The number of aliphatic carboxylic acids is 1. The highest BCUT2D eigenvalue weighted by Gasteiger charge is 2.35. The molecule has 0 aromatic heterocycles. The minimum absolute atomic E-state index is 0.134. The lowest BCUT2D eigenvalue weighted by atomic mass is 9.82. The Balaban J connectivity index is 3.87. The molecule has 6 heteroatoms. The van der Waals surface area contributed by atoms with Crippen molar-refractivity contribution in [2.45, 2.75) is 47.0 Å². The molecule has 0 spiro atoms. The molecule has 0 aliphatic heterocycles. The zero-order valence-electron chi connectivity index (χ0n) is 13.7. The smallest absolute Gasteiger partial charge is 0.314 e. The number of hydrogen-bond donors (Lipinski definition) is 3. The largest absolute Gasteiger partial charge is 0.481 e. The van der Waals surface area contributed by atoms with Crippen LogP contribution in [0.4, 0.5) is 4.79 Å². The lowest BCUT2D eigenvalue weighted by Gasteiger charge is -2.26. The van der Waals surface area contributed by atoms with Crippen LogP contribution in [0.1, 0.15) is 47.0 Å². The van der Waals surface area contributed by atoms with E-state index in [-0.39, 0.29) is 12.6 Å². The number of carbonyl (C=O) groups excluding carboxylic acids is 1. The monoisotopic (exact) mass is 302 g/mol. The van der Waals surface area contributed by atoms with Gasteiger partial charge in [-0.2, -0.15) is 0 Å². The van der Waals surface area contributed by atoms with E-state index in [1.54, 1.807) is 0 Å². The summed E-state index contributed by atoms with van der Waals surface area (Å²) in [5.74, 6) is -0.265. The molecule has 0 saturated heterocycles. The summed E-state index contributed by atoms with van der Waals surface area (Å²) < 4.78 is 5.38. The van der Waals surface area contributed by atoms with Gasteiger partial charge >= 0.3 is 12.0 Å². The average molecular weight is 302 g/mol. The zero-order chi connectivity index (χ0) is 16.3. The molecule has 0 unspecified atom stereocenters. The normalized spacial score (nSPS) is 11.5. The Hall–Kier alpha value is -1.30. The van der Waals surface area contributed by atoms with Gasteiger partial charge in [-0.15, -0.1) is 0 Å². The maximum Gasteiger partial charge on any atom is 0.314 e. The van der Waals surface area contributed by atoms with Crippen molar-refractivity contribution in [2.75, 3.05) is 26.3 Å². The topological polar surface area (TPSA) is 87.7 Å². The third-order valence-electron chi connectivity index (χ3n) is 3.77. The van der Waals surface area contributed by atoms with E-state index in [2.05, 4.69) is 24.5 Å². The highest BCUT2D eigenvalue weighted by molar-refractivity contribution is 5.78. The summed E-state index contributed by atoms with van der Waals surface area (Å²) in [4.78, 5) is 22.9. The molecule has 0 radical (unpaired) electrons. The highest BCUT2D eigenvalue weighted by atomic mass is 16.5. The van der Waals surface area contributed by atoms with Crippen molar-refractivity contribution in [3.8, 4) is 0 Å². The van der Waals surface area contributed by atoms with Crippen molar-refractivity contribution in [3.63, 3.8) is 0 Å². The van der Waals surface area contributed by atoms with Gasteiger partial charge in [0.15, 0.2) is 0 Å². The lowest BCUT2D eigenvalue weighted by Crippen LogP contribution is -2.46. The molecule has 124 valence electrons. The summed E-state index contributed by atoms with van der Waals surface area (Å²) >= 11 is 0. The van der Waals surface area contributed by atoms with Gasteiger partial charge < -0.3 is 20.5 Å². The maximum atomic E-state index is 11.6. The molecule has 0 saturated carbocycles. The summed E-state index contributed by atoms with van der Waals surface area (Å²) in [5, 5.41) is 14.6. The Bertz CT molecular complexity index is 315. The van der Waals surface area contributed by atoms with Gasteiger partial charge in [0.05, 0.1) is 12.0 Å². The van der Waals surface area contributed by atoms with E-state index in [1.165, 1.54) is 0 Å².